The van der Waals surface area contributed by atoms with Crippen LogP contribution in [-0.2, 0) is 11.0 Å². The molecule has 26 heavy (non-hydrogen) atoms. The van der Waals surface area contributed by atoms with E-state index >= 15 is 0 Å². The van der Waals surface area contributed by atoms with E-state index in [0.29, 0.717) is 5.69 Å². The molecule has 1 saturated heterocycles. The zero-order valence-corrected chi connectivity index (χ0v) is 16.0. The van der Waals surface area contributed by atoms with Crippen molar-refractivity contribution in [3.63, 3.8) is 0 Å². The lowest BCUT2D eigenvalue weighted by molar-refractivity contribution is -0.137. The van der Waals surface area contributed by atoms with E-state index in [0.717, 1.165) is 44.5 Å². The normalized spacial score (nSPS) is 15.5. The van der Waals surface area contributed by atoms with Crippen molar-refractivity contribution in [2.45, 2.75) is 46.2 Å². The molecule has 1 heterocycles. The van der Waals surface area contributed by atoms with Crippen LogP contribution in [0.25, 0.3) is 0 Å². The Kier molecular flexibility index (Phi) is 6.16. The van der Waals surface area contributed by atoms with E-state index in [-0.39, 0.29) is 16.7 Å². The van der Waals surface area contributed by atoms with Crippen LogP contribution in [0.3, 0.4) is 0 Å². The summed E-state index contributed by atoms with van der Waals surface area (Å²) < 4.78 is 39.3. The van der Waals surface area contributed by atoms with Gasteiger partial charge in [0.25, 0.3) is 0 Å². The summed E-state index contributed by atoms with van der Waals surface area (Å²) in [6, 6.07) is 3.58. The van der Waals surface area contributed by atoms with Gasteiger partial charge in [0.1, 0.15) is 0 Å². The average molecular weight is 387 g/mol. The SMILES string of the molecule is CC(C)(C)C(=O)NC(=S)Nc1cc(C(F)(F)F)ccc1N1CCCCC1. The van der Waals surface area contributed by atoms with Crippen LogP contribution in [0.4, 0.5) is 24.5 Å². The summed E-state index contributed by atoms with van der Waals surface area (Å²) in [4.78, 5) is 14.1. The Morgan fingerprint density at radius 2 is 1.73 bits per heavy atom. The Bertz CT molecular complexity index is 677. The maximum absolute atomic E-state index is 13.1. The molecule has 8 heteroatoms. The molecule has 1 aromatic rings. The quantitative estimate of drug-likeness (QED) is 0.731. The number of carbonyl (C=O) groups excluding carboxylic acids is 1. The van der Waals surface area contributed by atoms with Crippen LogP contribution in [0.1, 0.15) is 45.6 Å². The molecule has 0 unspecified atom stereocenters. The molecule has 2 rings (SSSR count). The second kappa shape index (κ2) is 7.82. The number of carbonyl (C=O) groups is 1. The smallest absolute Gasteiger partial charge is 0.370 e. The fourth-order valence-electron chi connectivity index (χ4n) is 2.67. The van der Waals surface area contributed by atoms with Crippen molar-refractivity contribution >= 4 is 34.6 Å². The summed E-state index contributed by atoms with van der Waals surface area (Å²) in [7, 11) is 0. The first-order valence-electron chi connectivity index (χ1n) is 8.57. The largest absolute Gasteiger partial charge is 0.416 e. The molecule has 0 atom stereocenters. The standard InChI is InChI=1S/C18H24F3N3OS/c1-17(2,3)15(25)23-16(26)22-13-11-12(18(19,20)21)7-8-14(13)24-9-5-4-6-10-24/h7-8,11H,4-6,9-10H2,1-3H3,(H2,22,23,25,26). The molecule has 0 aromatic heterocycles. The number of thiocarbonyl (C=S) groups is 1. The van der Waals surface area contributed by atoms with Crippen molar-refractivity contribution in [2.24, 2.45) is 5.41 Å². The van der Waals surface area contributed by atoms with Crippen LogP contribution in [-0.4, -0.2) is 24.1 Å². The van der Waals surface area contributed by atoms with E-state index in [1.807, 2.05) is 4.90 Å². The summed E-state index contributed by atoms with van der Waals surface area (Å²) in [6.45, 7) is 6.75. The van der Waals surface area contributed by atoms with Crippen LogP contribution in [0, 0.1) is 5.41 Å². The second-order valence-corrected chi connectivity index (χ2v) is 7.84. The summed E-state index contributed by atoms with van der Waals surface area (Å²) in [5, 5.41) is 5.31. The van der Waals surface area contributed by atoms with Gasteiger partial charge in [-0.1, -0.05) is 20.8 Å². The number of nitrogens with one attached hydrogen (secondary N) is 2. The van der Waals surface area contributed by atoms with E-state index in [1.54, 1.807) is 20.8 Å². The van der Waals surface area contributed by atoms with Gasteiger partial charge in [-0.2, -0.15) is 13.2 Å². The molecular weight excluding hydrogens is 363 g/mol. The van der Waals surface area contributed by atoms with Crippen molar-refractivity contribution in [2.75, 3.05) is 23.3 Å². The van der Waals surface area contributed by atoms with Crippen LogP contribution in [0.5, 0.6) is 0 Å². The molecule has 1 amide bonds. The van der Waals surface area contributed by atoms with Crippen molar-refractivity contribution in [3.8, 4) is 0 Å². The molecule has 0 aliphatic carbocycles. The topological polar surface area (TPSA) is 44.4 Å². The Morgan fingerprint density at radius 1 is 1.12 bits per heavy atom. The van der Waals surface area contributed by atoms with Gasteiger partial charge in [-0.25, -0.2) is 0 Å². The number of nitrogens with zero attached hydrogens (tertiary/aromatic N) is 1. The maximum atomic E-state index is 13.1. The van der Waals surface area contributed by atoms with E-state index in [2.05, 4.69) is 10.6 Å². The molecular formula is C18H24F3N3OS. The van der Waals surface area contributed by atoms with Crippen molar-refractivity contribution in [1.29, 1.82) is 0 Å². The van der Waals surface area contributed by atoms with Gasteiger partial charge >= 0.3 is 6.18 Å². The highest BCUT2D eigenvalue weighted by Gasteiger charge is 2.32. The summed E-state index contributed by atoms with van der Waals surface area (Å²) in [6.07, 6.45) is -1.36. The molecule has 0 radical (unpaired) electrons. The molecule has 1 fully saturated rings. The number of anilines is 2. The lowest BCUT2D eigenvalue weighted by atomic mass is 9.96. The lowest BCUT2D eigenvalue weighted by Gasteiger charge is -2.31. The van der Waals surface area contributed by atoms with Gasteiger partial charge in [0, 0.05) is 18.5 Å². The first kappa shape index (κ1) is 20.5. The third-order valence-electron chi connectivity index (χ3n) is 4.18. The third-order valence-corrected chi connectivity index (χ3v) is 4.38. The predicted octanol–water partition coefficient (Wildman–Crippen LogP) is 4.55. The van der Waals surface area contributed by atoms with Gasteiger partial charge in [-0.15, -0.1) is 0 Å². The number of alkyl halides is 3. The molecule has 1 aliphatic rings. The van der Waals surface area contributed by atoms with Gasteiger partial charge < -0.3 is 15.5 Å². The molecule has 0 spiro atoms. The summed E-state index contributed by atoms with van der Waals surface area (Å²) in [5.41, 5.74) is -0.508. The molecule has 1 aliphatic heterocycles. The number of hydrogen-bond donors (Lipinski definition) is 2. The molecule has 2 N–H and O–H groups in total. The minimum atomic E-state index is -4.45. The number of hydrogen-bond acceptors (Lipinski definition) is 3. The predicted molar refractivity (Wildman–Crippen MR) is 101 cm³/mol. The van der Waals surface area contributed by atoms with E-state index in [1.165, 1.54) is 6.07 Å². The Morgan fingerprint density at radius 3 is 2.27 bits per heavy atom. The number of rotatable bonds is 2. The van der Waals surface area contributed by atoms with Crippen molar-refractivity contribution in [1.82, 2.24) is 5.32 Å². The second-order valence-electron chi connectivity index (χ2n) is 7.44. The molecule has 0 bridgehead atoms. The highest BCUT2D eigenvalue weighted by Crippen LogP contribution is 2.36. The highest BCUT2D eigenvalue weighted by molar-refractivity contribution is 7.80. The zero-order chi connectivity index (χ0) is 19.5. The fraction of sp³-hybridized carbons (Fsp3) is 0.556. The van der Waals surface area contributed by atoms with Gasteiger partial charge in [0.15, 0.2) is 5.11 Å². The molecule has 4 nitrogen and oxygen atoms in total. The first-order chi connectivity index (χ1) is 12.0. The van der Waals surface area contributed by atoms with Crippen LogP contribution >= 0.6 is 12.2 Å². The Labute approximate surface area is 157 Å². The van der Waals surface area contributed by atoms with Crippen LogP contribution < -0.4 is 15.5 Å². The van der Waals surface area contributed by atoms with Crippen LogP contribution in [0.2, 0.25) is 0 Å². The van der Waals surface area contributed by atoms with Crippen molar-refractivity contribution < 1.29 is 18.0 Å². The third kappa shape index (κ3) is 5.33. The minimum absolute atomic E-state index is 0.0116. The van der Waals surface area contributed by atoms with Gasteiger partial charge in [0.05, 0.1) is 16.9 Å². The van der Waals surface area contributed by atoms with Gasteiger partial charge in [0.2, 0.25) is 5.91 Å². The summed E-state index contributed by atoms with van der Waals surface area (Å²) in [5.74, 6) is -0.304. The minimum Gasteiger partial charge on any atom is -0.370 e. The zero-order valence-electron chi connectivity index (χ0n) is 15.2. The van der Waals surface area contributed by atoms with Gasteiger partial charge in [-0.05, 0) is 49.7 Å². The fourth-order valence-corrected chi connectivity index (χ4v) is 2.87. The molecule has 1 aromatic carbocycles. The van der Waals surface area contributed by atoms with Crippen LogP contribution in [0.15, 0.2) is 18.2 Å². The molecule has 144 valence electrons. The average Bonchev–Trinajstić information content (AvgIpc) is 2.53. The molecule has 0 saturated carbocycles. The van der Waals surface area contributed by atoms with E-state index in [9.17, 15) is 18.0 Å². The Hall–Kier alpha value is -1.83. The maximum Gasteiger partial charge on any atom is 0.416 e. The number of piperidine rings is 1. The number of amides is 1. The number of benzene rings is 1. The highest BCUT2D eigenvalue weighted by atomic mass is 32.1. The lowest BCUT2D eigenvalue weighted by Crippen LogP contribution is -2.41. The monoisotopic (exact) mass is 387 g/mol. The summed E-state index contributed by atoms with van der Waals surface area (Å²) >= 11 is 5.14. The Balaban J connectivity index is 2.27. The van der Waals surface area contributed by atoms with E-state index < -0.39 is 17.2 Å². The van der Waals surface area contributed by atoms with Crippen molar-refractivity contribution in [3.05, 3.63) is 23.8 Å². The number of halogens is 3. The van der Waals surface area contributed by atoms with E-state index in [4.69, 9.17) is 12.2 Å². The first-order valence-corrected chi connectivity index (χ1v) is 8.98. The van der Waals surface area contributed by atoms with Gasteiger partial charge in [-0.3, -0.25) is 4.79 Å².